The molecule has 3 atom stereocenters. The minimum atomic E-state index is -3.57. The van der Waals surface area contributed by atoms with E-state index in [0.29, 0.717) is 31.4 Å². The SMILES string of the molecule is CC(CO)CC(=O)c1nc2c(c(C(C)(C)S(C)(=O)=O)n1)OC[C@@H]1COC[C@@H](C)N21. The van der Waals surface area contributed by atoms with Crippen LogP contribution in [0, 0.1) is 5.92 Å². The second kappa shape index (κ2) is 7.81. The average molecular weight is 428 g/mol. The van der Waals surface area contributed by atoms with Crippen LogP contribution in [0.1, 0.15) is 50.4 Å². The number of hydrogen-bond donors (Lipinski definition) is 1. The van der Waals surface area contributed by atoms with E-state index in [2.05, 4.69) is 9.97 Å². The highest BCUT2D eigenvalue weighted by molar-refractivity contribution is 7.91. The third-order valence-electron chi connectivity index (χ3n) is 5.64. The van der Waals surface area contributed by atoms with Crippen LogP contribution >= 0.6 is 0 Å². The monoisotopic (exact) mass is 427 g/mol. The lowest BCUT2D eigenvalue weighted by molar-refractivity contribution is 0.0481. The fourth-order valence-corrected chi connectivity index (χ4v) is 4.00. The molecule has 1 fully saturated rings. The highest BCUT2D eigenvalue weighted by atomic mass is 32.2. The zero-order valence-electron chi connectivity index (χ0n) is 17.5. The highest BCUT2D eigenvalue weighted by Crippen LogP contribution is 2.43. The van der Waals surface area contributed by atoms with Crippen molar-refractivity contribution in [1.82, 2.24) is 9.97 Å². The molecule has 9 nitrogen and oxygen atoms in total. The van der Waals surface area contributed by atoms with Gasteiger partial charge in [0.2, 0.25) is 0 Å². The molecule has 0 aliphatic carbocycles. The Morgan fingerprint density at radius 1 is 1.31 bits per heavy atom. The standard InChI is InChI=1S/C19H29N3O6S/c1-11(7-23)6-14(24)17-20-16(19(3,4)29(5,25)26)15-18(21-17)22-12(2)8-27-9-13(22)10-28-15/h11-13,23H,6-10H2,1-5H3/t11?,12-,13+/m1/s1. The number of ketones is 1. The minimum Gasteiger partial charge on any atom is -0.486 e. The number of rotatable bonds is 6. The topological polar surface area (TPSA) is 119 Å². The summed E-state index contributed by atoms with van der Waals surface area (Å²) < 4.78 is 35.2. The van der Waals surface area contributed by atoms with Crippen LogP contribution in [0.25, 0.3) is 0 Å². The fraction of sp³-hybridized carbons (Fsp3) is 0.737. The van der Waals surface area contributed by atoms with Crippen molar-refractivity contribution < 1.29 is 27.8 Å². The van der Waals surface area contributed by atoms with E-state index in [9.17, 15) is 18.3 Å². The summed E-state index contributed by atoms with van der Waals surface area (Å²) in [6, 6.07) is -0.0884. The first-order valence-corrected chi connectivity index (χ1v) is 11.6. The first kappa shape index (κ1) is 21.9. The van der Waals surface area contributed by atoms with Crippen LogP contribution in [0.2, 0.25) is 0 Å². The number of morpholine rings is 1. The average Bonchev–Trinajstić information content (AvgIpc) is 2.65. The number of aliphatic hydroxyl groups excluding tert-OH is 1. The molecule has 2 aliphatic rings. The van der Waals surface area contributed by atoms with Gasteiger partial charge in [-0.1, -0.05) is 6.92 Å². The van der Waals surface area contributed by atoms with Gasteiger partial charge in [0.15, 0.2) is 33.0 Å². The second-order valence-electron chi connectivity index (χ2n) is 8.50. The Hall–Kier alpha value is -1.78. The fourth-order valence-electron chi connectivity index (χ4n) is 3.51. The Morgan fingerprint density at radius 2 is 2.00 bits per heavy atom. The number of aliphatic hydroxyl groups is 1. The largest absolute Gasteiger partial charge is 0.486 e. The van der Waals surface area contributed by atoms with Gasteiger partial charge in [-0.15, -0.1) is 0 Å². The zero-order chi connectivity index (χ0) is 21.6. The number of anilines is 1. The maximum absolute atomic E-state index is 12.8. The number of fused-ring (bicyclic) bond motifs is 3. The van der Waals surface area contributed by atoms with Gasteiger partial charge < -0.3 is 19.5 Å². The van der Waals surface area contributed by atoms with Crippen LogP contribution in [-0.4, -0.2) is 74.0 Å². The molecule has 1 saturated heterocycles. The van der Waals surface area contributed by atoms with E-state index in [-0.39, 0.29) is 48.3 Å². The van der Waals surface area contributed by atoms with E-state index in [1.165, 1.54) is 0 Å². The summed E-state index contributed by atoms with van der Waals surface area (Å²) in [6.07, 6.45) is 1.21. The lowest BCUT2D eigenvalue weighted by Crippen LogP contribution is -2.56. The highest BCUT2D eigenvalue weighted by Gasteiger charge is 2.44. The van der Waals surface area contributed by atoms with Crippen LogP contribution in [0.15, 0.2) is 0 Å². The van der Waals surface area contributed by atoms with Gasteiger partial charge in [-0.2, -0.15) is 0 Å². The molecule has 3 heterocycles. The van der Waals surface area contributed by atoms with Gasteiger partial charge in [-0.3, -0.25) is 4.79 Å². The van der Waals surface area contributed by atoms with E-state index >= 15 is 0 Å². The molecule has 162 valence electrons. The molecule has 1 aromatic rings. The van der Waals surface area contributed by atoms with Crippen molar-refractivity contribution in [2.24, 2.45) is 5.92 Å². The molecule has 0 radical (unpaired) electrons. The maximum Gasteiger partial charge on any atom is 0.200 e. The second-order valence-corrected chi connectivity index (χ2v) is 11.1. The molecule has 0 bridgehead atoms. The third-order valence-corrected chi connectivity index (χ3v) is 7.69. The van der Waals surface area contributed by atoms with Crippen molar-refractivity contribution in [3.8, 4) is 5.75 Å². The van der Waals surface area contributed by atoms with Crippen LogP contribution in [0.5, 0.6) is 5.75 Å². The molecule has 0 aromatic carbocycles. The van der Waals surface area contributed by atoms with Gasteiger partial charge >= 0.3 is 0 Å². The third kappa shape index (κ3) is 3.97. The minimum absolute atomic E-state index is 0.0141. The lowest BCUT2D eigenvalue weighted by Gasteiger charge is -2.45. The van der Waals surface area contributed by atoms with Crippen LogP contribution < -0.4 is 9.64 Å². The number of Topliss-reactive ketones (excluding diaryl/α,β-unsaturated/α-hetero) is 1. The zero-order valence-corrected chi connectivity index (χ0v) is 18.3. The van der Waals surface area contributed by atoms with Crippen molar-refractivity contribution >= 4 is 21.4 Å². The predicted octanol–water partition coefficient (Wildman–Crippen LogP) is 0.944. The molecule has 29 heavy (non-hydrogen) atoms. The number of sulfone groups is 1. The molecule has 0 spiro atoms. The Labute approximate surface area is 171 Å². The number of nitrogens with zero attached hydrogens (tertiary/aromatic N) is 3. The van der Waals surface area contributed by atoms with Crippen molar-refractivity contribution in [2.45, 2.75) is 50.9 Å². The van der Waals surface area contributed by atoms with Gasteiger partial charge in [-0.25, -0.2) is 18.4 Å². The molecule has 0 amide bonds. The van der Waals surface area contributed by atoms with Crippen LogP contribution in [-0.2, 0) is 19.3 Å². The summed E-state index contributed by atoms with van der Waals surface area (Å²) in [5.41, 5.74) is 0.183. The summed E-state index contributed by atoms with van der Waals surface area (Å²) >= 11 is 0. The van der Waals surface area contributed by atoms with Crippen LogP contribution in [0.3, 0.4) is 0 Å². The molecular weight excluding hydrogens is 398 g/mol. The van der Waals surface area contributed by atoms with Gasteiger partial charge in [0.1, 0.15) is 17.0 Å². The molecule has 1 unspecified atom stereocenters. The Balaban J connectivity index is 2.19. The van der Waals surface area contributed by atoms with Gasteiger partial charge in [0.05, 0.1) is 25.3 Å². The Bertz CT molecular complexity index is 901. The molecule has 1 aromatic heterocycles. The molecule has 0 saturated carbocycles. The predicted molar refractivity (Wildman–Crippen MR) is 107 cm³/mol. The normalized spacial score (nSPS) is 23.0. The Kier molecular flexibility index (Phi) is 5.90. The summed E-state index contributed by atoms with van der Waals surface area (Å²) in [5, 5.41) is 9.29. The maximum atomic E-state index is 12.8. The number of ether oxygens (including phenoxy) is 2. The quantitative estimate of drug-likeness (QED) is 0.662. The summed E-state index contributed by atoms with van der Waals surface area (Å²) in [4.78, 5) is 23.7. The molecule has 10 heteroatoms. The van der Waals surface area contributed by atoms with E-state index in [4.69, 9.17) is 9.47 Å². The van der Waals surface area contributed by atoms with Crippen molar-refractivity contribution in [3.05, 3.63) is 11.5 Å². The van der Waals surface area contributed by atoms with Gasteiger partial charge in [0, 0.05) is 19.3 Å². The number of hydrogen-bond acceptors (Lipinski definition) is 9. The van der Waals surface area contributed by atoms with Gasteiger partial charge in [-0.05, 0) is 26.7 Å². The first-order valence-electron chi connectivity index (χ1n) is 9.72. The first-order chi connectivity index (χ1) is 13.5. The summed E-state index contributed by atoms with van der Waals surface area (Å²) in [6.45, 7) is 7.98. The molecular formula is C19H29N3O6S. The summed E-state index contributed by atoms with van der Waals surface area (Å²) in [5.74, 6) is 0.0809. The lowest BCUT2D eigenvalue weighted by atomic mass is 10.0. The Morgan fingerprint density at radius 3 is 2.62 bits per heavy atom. The van der Waals surface area contributed by atoms with Crippen molar-refractivity contribution in [1.29, 1.82) is 0 Å². The molecule has 1 N–H and O–H groups in total. The molecule has 2 aliphatic heterocycles. The smallest absolute Gasteiger partial charge is 0.200 e. The molecule has 3 rings (SSSR count). The van der Waals surface area contributed by atoms with Gasteiger partial charge in [0.25, 0.3) is 0 Å². The van der Waals surface area contributed by atoms with Crippen molar-refractivity contribution in [3.63, 3.8) is 0 Å². The van der Waals surface area contributed by atoms with E-state index in [0.717, 1.165) is 6.26 Å². The van der Waals surface area contributed by atoms with E-state index < -0.39 is 14.6 Å². The van der Waals surface area contributed by atoms with E-state index in [1.54, 1.807) is 20.8 Å². The number of carbonyl (C=O) groups is 1. The van der Waals surface area contributed by atoms with Crippen molar-refractivity contribution in [2.75, 3.05) is 37.6 Å². The van der Waals surface area contributed by atoms with E-state index in [1.807, 2.05) is 11.8 Å². The summed E-state index contributed by atoms with van der Waals surface area (Å²) in [7, 11) is -3.57. The number of carbonyl (C=O) groups excluding carboxylic acids is 1. The number of aromatic nitrogens is 2. The van der Waals surface area contributed by atoms with Crippen LogP contribution in [0.4, 0.5) is 5.82 Å².